The molecule has 28 heavy (non-hydrogen) atoms. The Morgan fingerprint density at radius 1 is 0.929 bits per heavy atom. The third kappa shape index (κ3) is 3.31. The maximum absolute atomic E-state index is 13.5. The first kappa shape index (κ1) is 18.7. The minimum Gasteiger partial charge on any atom is -0.340 e. The largest absolute Gasteiger partial charge is 0.340 e. The number of hydrogen-bond donors (Lipinski definition) is 2. The predicted octanol–water partition coefficient (Wildman–Crippen LogP) is 2.34. The summed E-state index contributed by atoms with van der Waals surface area (Å²) in [5.41, 5.74) is 0. The van der Waals surface area contributed by atoms with Crippen LogP contribution in [0.15, 0.2) is 0 Å². The Morgan fingerprint density at radius 2 is 1.71 bits per heavy atom. The number of likely N-dealkylation sites (tertiary alicyclic amines) is 1. The highest BCUT2D eigenvalue weighted by molar-refractivity contribution is 5.81. The van der Waals surface area contributed by atoms with E-state index in [1.165, 1.54) is 38.5 Å². The molecule has 0 radical (unpaired) electrons. The van der Waals surface area contributed by atoms with Gasteiger partial charge < -0.3 is 20.4 Å². The lowest BCUT2D eigenvalue weighted by molar-refractivity contribution is -0.142. The molecule has 0 aromatic rings. The number of fused-ring (bicyclic) bond motifs is 2. The maximum atomic E-state index is 13.5. The predicted molar refractivity (Wildman–Crippen MR) is 108 cm³/mol. The van der Waals surface area contributed by atoms with Gasteiger partial charge in [-0.15, -0.1) is 0 Å². The zero-order chi connectivity index (χ0) is 19.1. The maximum Gasteiger partial charge on any atom is 0.318 e. The van der Waals surface area contributed by atoms with Gasteiger partial charge in [0.1, 0.15) is 0 Å². The Hall–Kier alpha value is -1.30. The fourth-order valence-electron chi connectivity index (χ4n) is 7.00. The van der Waals surface area contributed by atoms with Crippen molar-refractivity contribution in [3.05, 3.63) is 0 Å². The quantitative estimate of drug-likeness (QED) is 0.763. The highest BCUT2D eigenvalue weighted by Gasteiger charge is 2.48. The van der Waals surface area contributed by atoms with Gasteiger partial charge in [-0.1, -0.05) is 32.1 Å². The van der Waals surface area contributed by atoms with Gasteiger partial charge in [-0.3, -0.25) is 4.79 Å². The lowest BCUT2D eigenvalue weighted by Crippen LogP contribution is -2.56. The molecule has 5 aliphatic rings. The van der Waals surface area contributed by atoms with Crippen LogP contribution in [0.5, 0.6) is 0 Å². The van der Waals surface area contributed by atoms with E-state index >= 15 is 0 Å². The lowest BCUT2D eigenvalue weighted by Gasteiger charge is -2.45. The van der Waals surface area contributed by atoms with Crippen molar-refractivity contribution in [2.45, 2.75) is 82.3 Å². The molecular weight excluding hydrogens is 352 g/mol. The van der Waals surface area contributed by atoms with Crippen LogP contribution in [-0.2, 0) is 4.79 Å². The first-order chi connectivity index (χ1) is 13.7. The van der Waals surface area contributed by atoms with E-state index in [-0.39, 0.29) is 24.0 Å². The van der Waals surface area contributed by atoms with Crippen LogP contribution in [0.1, 0.15) is 64.2 Å². The standard InChI is InChI=1S/C22H36N4O2/c27-21(18-7-3-5-15-4-1-2-6-17(15)18)25-13-10-20-19(14-25)24-22(28)26(20)16-8-11-23-12-9-16/h15-20,23H,1-14H2,(H,24,28). The van der Waals surface area contributed by atoms with Crippen molar-refractivity contribution in [2.75, 3.05) is 26.2 Å². The van der Waals surface area contributed by atoms with Gasteiger partial charge in [0.05, 0.1) is 12.1 Å². The molecule has 3 heterocycles. The fraction of sp³-hybridized carbons (Fsp3) is 0.909. The van der Waals surface area contributed by atoms with Crippen molar-refractivity contribution in [3.8, 4) is 0 Å². The second-order valence-electron chi connectivity index (χ2n) is 9.83. The third-order valence-electron chi connectivity index (χ3n) is 8.38. The number of nitrogens with one attached hydrogen (secondary N) is 2. The van der Waals surface area contributed by atoms with E-state index in [1.807, 2.05) is 0 Å². The molecule has 0 aromatic carbocycles. The fourth-order valence-corrected chi connectivity index (χ4v) is 7.00. The van der Waals surface area contributed by atoms with Crippen LogP contribution in [0.3, 0.4) is 0 Å². The molecule has 3 amide bonds. The molecular formula is C22H36N4O2. The lowest BCUT2D eigenvalue weighted by atomic mass is 9.65. The Bertz CT molecular complexity index is 603. The number of urea groups is 1. The van der Waals surface area contributed by atoms with Gasteiger partial charge in [-0.2, -0.15) is 0 Å². The van der Waals surface area contributed by atoms with Crippen molar-refractivity contribution in [3.63, 3.8) is 0 Å². The van der Waals surface area contributed by atoms with Gasteiger partial charge in [-0.25, -0.2) is 4.79 Å². The van der Waals surface area contributed by atoms with Crippen LogP contribution in [0, 0.1) is 17.8 Å². The number of hydrogen-bond acceptors (Lipinski definition) is 3. The van der Waals surface area contributed by atoms with E-state index in [0.717, 1.165) is 51.2 Å². The van der Waals surface area contributed by atoms with Crippen LogP contribution in [0.4, 0.5) is 4.79 Å². The molecule has 0 bridgehead atoms. The molecule has 5 unspecified atom stereocenters. The summed E-state index contributed by atoms with van der Waals surface area (Å²) < 4.78 is 0. The number of piperidine rings is 2. The Balaban J connectivity index is 1.24. The van der Waals surface area contributed by atoms with E-state index in [0.29, 0.717) is 24.4 Å². The second-order valence-corrected chi connectivity index (χ2v) is 9.83. The highest BCUT2D eigenvalue weighted by Crippen LogP contribution is 2.44. The second kappa shape index (κ2) is 7.85. The van der Waals surface area contributed by atoms with Crippen molar-refractivity contribution >= 4 is 11.9 Å². The minimum absolute atomic E-state index is 0.0983. The highest BCUT2D eigenvalue weighted by atomic mass is 16.2. The molecule has 5 fully saturated rings. The van der Waals surface area contributed by atoms with Gasteiger partial charge in [0, 0.05) is 25.0 Å². The summed E-state index contributed by atoms with van der Waals surface area (Å²) in [5.74, 6) is 2.05. The molecule has 3 saturated heterocycles. The van der Waals surface area contributed by atoms with Crippen molar-refractivity contribution in [2.24, 2.45) is 17.8 Å². The normalized spacial score (nSPS) is 39.3. The average Bonchev–Trinajstić information content (AvgIpc) is 3.08. The van der Waals surface area contributed by atoms with Crippen molar-refractivity contribution < 1.29 is 9.59 Å². The Morgan fingerprint density at radius 3 is 2.57 bits per heavy atom. The zero-order valence-electron chi connectivity index (χ0n) is 17.1. The first-order valence-corrected chi connectivity index (χ1v) is 11.8. The molecule has 0 aromatic heterocycles. The number of amides is 3. The average molecular weight is 389 g/mol. The van der Waals surface area contributed by atoms with Crippen LogP contribution >= 0.6 is 0 Å². The number of rotatable bonds is 2. The summed E-state index contributed by atoms with van der Waals surface area (Å²) in [6, 6.07) is 0.848. The summed E-state index contributed by atoms with van der Waals surface area (Å²) in [5, 5.41) is 6.61. The van der Waals surface area contributed by atoms with Crippen molar-refractivity contribution in [1.82, 2.24) is 20.4 Å². The first-order valence-electron chi connectivity index (χ1n) is 11.8. The molecule has 156 valence electrons. The topological polar surface area (TPSA) is 64.7 Å². The zero-order valence-corrected chi connectivity index (χ0v) is 17.1. The molecule has 0 spiro atoms. The van der Waals surface area contributed by atoms with E-state index in [2.05, 4.69) is 20.4 Å². The Kier molecular flexibility index (Phi) is 5.24. The van der Waals surface area contributed by atoms with E-state index in [9.17, 15) is 9.59 Å². The van der Waals surface area contributed by atoms with Gasteiger partial charge in [0.15, 0.2) is 0 Å². The van der Waals surface area contributed by atoms with Crippen LogP contribution in [0.25, 0.3) is 0 Å². The molecule has 2 N–H and O–H groups in total. The summed E-state index contributed by atoms with van der Waals surface area (Å²) in [4.78, 5) is 30.4. The molecule has 5 rings (SSSR count). The number of carbonyl (C=O) groups excluding carboxylic acids is 2. The molecule has 5 atom stereocenters. The van der Waals surface area contributed by atoms with Gasteiger partial charge in [0.25, 0.3) is 0 Å². The summed E-state index contributed by atoms with van der Waals surface area (Å²) in [6.07, 6.45) is 11.9. The summed E-state index contributed by atoms with van der Waals surface area (Å²) in [7, 11) is 0. The van der Waals surface area contributed by atoms with Gasteiger partial charge >= 0.3 is 6.03 Å². The SMILES string of the molecule is O=C(C1CCCC2CCCCC21)N1CCC2C(C1)NC(=O)N2C1CCNCC1. The monoisotopic (exact) mass is 388 g/mol. The minimum atomic E-state index is 0.0983. The molecule has 3 aliphatic heterocycles. The summed E-state index contributed by atoms with van der Waals surface area (Å²) >= 11 is 0. The van der Waals surface area contributed by atoms with Crippen LogP contribution in [0.2, 0.25) is 0 Å². The third-order valence-corrected chi connectivity index (χ3v) is 8.38. The smallest absolute Gasteiger partial charge is 0.318 e. The van der Waals surface area contributed by atoms with Crippen molar-refractivity contribution in [1.29, 1.82) is 0 Å². The molecule has 2 aliphatic carbocycles. The van der Waals surface area contributed by atoms with Gasteiger partial charge in [-0.05, 0) is 57.0 Å². The van der Waals surface area contributed by atoms with Gasteiger partial charge in [0.2, 0.25) is 5.91 Å². The molecule has 2 saturated carbocycles. The summed E-state index contributed by atoms with van der Waals surface area (Å²) in [6.45, 7) is 3.54. The van der Waals surface area contributed by atoms with Crippen LogP contribution < -0.4 is 10.6 Å². The van der Waals surface area contributed by atoms with E-state index in [4.69, 9.17) is 0 Å². The molecule has 6 heteroatoms. The van der Waals surface area contributed by atoms with Crippen LogP contribution in [-0.4, -0.2) is 66.0 Å². The molecule has 6 nitrogen and oxygen atoms in total. The number of nitrogens with zero attached hydrogens (tertiary/aromatic N) is 2. The van der Waals surface area contributed by atoms with E-state index in [1.54, 1.807) is 0 Å². The van der Waals surface area contributed by atoms with E-state index < -0.39 is 0 Å². The number of carbonyl (C=O) groups is 2. The Labute approximate surface area is 168 Å².